The molecular weight excluding hydrogens is 292 g/mol. The normalized spacial score (nSPS) is 24.6. The number of nitrogens with one attached hydrogen (secondary N) is 2. The molecule has 1 saturated carbocycles. The van der Waals surface area contributed by atoms with Gasteiger partial charge in [0, 0.05) is 6.04 Å². The van der Waals surface area contributed by atoms with Gasteiger partial charge in [-0.2, -0.15) is 0 Å². The van der Waals surface area contributed by atoms with Crippen LogP contribution in [0.5, 0.6) is 0 Å². The molecule has 21 heavy (non-hydrogen) atoms. The summed E-state index contributed by atoms with van der Waals surface area (Å²) < 4.78 is 0. The zero-order valence-corrected chi connectivity index (χ0v) is 12.8. The monoisotopic (exact) mass is 310 g/mol. The van der Waals surface area contributed by atoms with Crippen molar-refractivity contribution in [2.45, 2.75) is 32.7 Å². The Morgan fingerprint density at radius 3 is 2.57 bits per heavy atom. The first-order chi connectivity index (χ1) is 9.88. The van der Waals surface area contributed by atoms with Crippen LogP contribution in [0.3, 0.4) is 0 Å². The first kappa shape index (κ1) is 15.6. The number of carboxylic acids is 1. The topological polar surface area (TPSA) is 78.4 Å². The van der Waals surface area contributed by atoms with Crippen molar-refractivity contribution in [2.24, 2.45) is 11.8 Å². The zero-order valence-electron chi connectivity index (χ0n) is 12.0. The number of carbonyl (C=O) groups is 2. The van der Waals surface area contributed by atoms with E-state index in [-0.39, 0.29) is 17.6 Å². The second kappa shape index (κ2) is 6.35. The highest BCUT2D eigenvalue weighted by Crippen LogP contribution is 2.31. The van der Waals surface area contributed by atoms with E-state index in [2.05, 4.69) is 24.5 Å². The third-order valence-corrected chi connectivity index (χ3v) is 4.57. The maximum absolute atomic E-state index is 12.0. The molecule has 0 saturated heterocycles. The molecule has 1 fully saturated rings. The number of aromatic carboxylic acids is 1. The van der Waals surface area contributed by atoms with E-state index in [1.54, 1.807) is 0 Å². The summed E-state index contributed by atoms with van der Waals surface area (Å²) in [5.41, 5.74) is 0.380. The number of amides is 2. The lowest BCUT2D eigenvalue weighted by Gasteiger charge is -2.20. The molecule has 2 rings (SSSR count). The molecule has 0 aromatic heterocycles. The van der Waals surface area contributed by atoms with Crippen LogP contribution in [0.25, 0.3) is 0 Å². The summed E-state index contributed by atoms with van der Waals surface area (Å²) in [6, 6.07) is 3.99. The largest absolute Gasteiger partial charge is 0.478 e. The van der Waals surface area contributed by atoms with Crippen molar-refractivity contribution in [3.63, 3.8) is 0 Å². The summed E-state index contributed by atoms with van der Waals surface area (Å²) in [5.74, 6) is -0.0424. The van der Waals surface area contributed by atoms with Gasteiger partial charge in [0.1, 0.15) is 0 Å². The fourth-order valence-corrected chi connectivity index (χ4v) is 2.81. The Morgan fingerprint density at radius 1 is 1.29 bits per heavy atom. The van der Waals surface area contributed by atoms with Gasteiger partial charge in [-0.1, -0.05) is 25.4 Å². The Balaban J connectivity index is 2.03. The van der Waals surface area contributed by atoms with Crippen LogP contribution in [0.4, 0.5) is 10.5 Å². The van der Waals surface area contributed by atoms with E-state index in [9.17, 15) is 9.59 Å². The average molecular weight is 311 g/mol. The van der Waals surface area contributed by atoms with Gasteiger partial charge in [-0.25, -0.2) is 9.59 Å². The van der Waals surface area contributed by atoms with Gasteiger partial charge < -0.3 is 15.7 Å². The minimum Gasteiger partial charge on any atom is -0.478 e. The smallest absolute Gasteiger partial charge is 0.335 e. The molecule has 0 aliphatic heterocycles. The summed E-state index contributed by atoms with van der Waals surface area (Å²) in [7, 11) is 0. The van der Waals surface area contributed by atoms with E-state index in [0.717, 1.165) is 12.8 Å². The number of carboxylic acid groups (broad SMARTS) is 1. The first-order valence-electron chi connectivity index (χ1n) is 6.99. The molecule has 3 unspecified atom stereocenters. The second-order valence-electron chi connectivity index (χ2n) is 5.62. The standard InChI is InChI=1S/C15H19ClN2O3/c1-8-3-6-12(9(8)2)17-15(21)18-13-7-10(14(19)20)4-5-11(13)16/h4-5,7-9,12H,3,6H2,1-2H3,(H,19,20)(H2,17,18,21). The van der Waals surface area contributed by atoms with E-state index in [1.165, 1.54) is 18.2 Å². The van der Waals surface area contributed by atoms with Crippen LogP contribution in [0, 0.1) is 11.8 Å². The molecule has 1 aromatic rings. The van der Waals surface area contributed by atoms with E-state index in [1.807, 2.05) is 0 Å². The van der Waals surface area contributed by atoms with Crippen LogP contribution in [0.15, 0.2) is 18.2 Å². The van der Waals surface area contributed by atoms with E-state index in [0.29, 0.717) is 22.5 Å². The van der Waals surface area contributed by atoms with Gasteiger partial charge in [-0.05, 0) is 42.9 Å². The molecular formula is C15H19ClN2O3. The molecule has 1 aliphatic rings. The van der Waals surface area contributed by atoms with Gasteiger partial charge in [0.2, 0.25) is 0 Å². The van der Waals surface area contributed by atoms with Crippen molar-refractivity contribution >= 4 is 29.3 Å². The number of benzene rings is 1. The number of anilines is 1. The molecule has 0 heterocycles. The molecule has 2 amide bonds. The predicted octanol–water partition coefficient (Wildman–Crippen LogP) is 3.59. The maximum Gasteiger partial charge on any atom is 0.335 e. The Bertz CT molecular complexity index is 562. The molecule has 0 radical (unpaired) electrons. The second-order valence-corrected chi connectivity index (χ2v) is 6.03. The van der Waals surface area contributed by atoms with Crippen molar-refractivity contribution in [1.29, 1.82) is 0 Å². The molecule has 114 valence electrons. The van der Waals surface area contributed by atoms with E-state index < -0.39 is 5.97 Å². The molecule has 0 spiro atoms. The summed E-state index contributed by atoms with van der Waals surface area (Å²) in [4.78, 5) is 23.0. The van der Waals surface area contributed by atoms with Crippen molar-refractivity contribution in [1.82, 2.24) is 5.32 Å². The SMILES string of the molecule is CC1CCC(NC(=O)Nc2cc(C(=O)O)ccc2Cl)C1C. The third kappa shape index (κ3) is 3.67. The quantitative estimate of drug-likeness (QED) is 0.798. The van der Waals surface area contributed by atoms with Crippen molar-refractivity contribution < 1.29 is 14.7 Å². The van der Waals surface area contributed by atoms with Crippen LogP contribution in [0.2, 0.25) is 5.02 Å². The lowest BCUT2D eigenvalue weighted by molar-refractivity contribution is 0.0697. The molecule has 3 atom stereocenters. The van der Waals surface area contributed by atoms with Crippen LogP contribution in [-0.2, 0) is 0 Å². The van der Waals surface area contributed by atoms with Gasteiger partial charge in [-0.3, -0.25) is 0 Å². The first-order valence-corrected chi connectivity index (χ1v) is 7.36. The number of halogens is 1. The van der Waals surface area contributed by atoms with Crippen molar-refractivity contribution in [2.75, 3.05) is 5.32 Å². The van der Waals surface area contributed by atoms with E-state index >= 15 is 0 Å². The van der Waals surface area contributed by atoms with Crippen LogP contribution in [0.1, 0.15) is 37.0 Å². The highest BCUT2D eigenvalue weighted by atomic mass is 35.5. The summed E-state index contributed by atoms with van der Waals surface area (Å²) in [6.45, 7) is 4.30. The predicted molar refractivity (Wildman–Crippen MR) is 81.9 cm³/mol. The van der Waals surface area contributed by atoms with Crippen LogP contribution < -0.4 is 10.6 Å². The number of rotatable bonds is 3. The van der Waals surface area contributed by atoms with Gasteiger partial charge in [-0.15, -0.1) is 0 Å². The van der Waals surface area contributed by atoms with Gasteiger partial charge in [0.15, 0.2) is 0 Å². The van der Waals surface area contributed by atoms with Crippen molar-refractivity contribution in [3.05, 3.63) is 28.8 Å². The lowest BCUT2D eigenvalue weighted by Crippen LogP contribution is -2.40. The molecule has 1 aromatic carbocycles. The summed E-state index contributed by atoms with van der Waals surface area (Å²) >= 11 is 5.98. The molecule has 0 bridgehead atoms. The number of carbonyl (C=O) groups excluding carboxylic acids is 1. The highest BCUT2D eigenvalue weighted by molar-refractivity contribution is 6.33. The number of hydrogen-bond donors (Lipinski definition) is 3. The lowest BCUT2D eigenvalue weighted by atomic mass is 9.98. The zero-order chi connectivity index (χ0) is 15.6. The number of hydrogen-bond acceptors (Lipinski definition) is 2. The van der Waals surface area contributed by atoms with Gasteiger partial charge >= 0.3 is 12.0 Å². The minimum absolute atomic E-state index is 0.0811. The Hall–Kier alpha value is -1.75. The Kier molecular flexibility index (Phi) is 4.73. The number of urea groups is 1. The fourth-order valence-electron chi connectivity index (χ4n) is 2.65. The minimum atomic E-state index is -1.06. The van der Waals surface area contributed by atoms with Crippen LogP contribution in [-0.4, -0.2) is 23.1 Å². The molecule has 1 aliphatic carbocycles. The van der Waals surface area contributed by atoms with Crippen molar-refractivity contribution in [3.8, 4) is 0 Å². The molecule has 5 nitrogen and oxygen atoms in total. The Morgan fingerprint density at radius 2 is 2.00 bits per heavy atom. The highest BCUT2D eigenvalue weighted by Gasteiger charge is 2.30. The molecule has 3 N–H and O–H groups in total. The van der Waals surface area contributed by atoms with Gasteiger partial charge in [0.05, 0.1) is 16.3 Å². The summed E-state index contributed by atoms with van der Waals surface area (Å²) in [6.07, 6.45) is 2.06. The van der Waals surface area contributed by atoms with E-state index in [4.69, 9.17) is 16.7 Å². The van der Waals surface area contributed by atoms with Crippen LogP contribution >= 0.6 is 11.6 Å². The fraction of sp³-hybridized carbons (Fsp3) is 0.467. The molecule has 6 heteroatoms. The summed E-state index contributed by atoms with van der Waals surface area (Å²) in [5, 5.41) is 14.8. The third-order valence-electron chi connectivity index (χ3n) is 4.24. The maximum atomic E-state index is 12.0. The average Bonchev–Trinajstić information content (AvgIpc) is 2.73. The van der Waals surface area contributed by atoms with Gasteiger partial charge in [0.25, 0.3) is 0 Å². The Labute approximate surface area is 128 Å².